The molecule has 2 aliphatic rings. The van der Waals surface area contributed by atoms with E-state index in [0.717, 1.165) is 26.3 Å². The minimum Gasteiger partial charge on any atom is -0.381 e. The first-order valence-corrected chi connectivity index (χ1v) is 5.32. The van der Waals surface area contributed by atoms with Crippen LogP contribution in [0.25, 0.3) is 0 Å². The molecule has 1 aromatic carbocycles. The fraction of sp³-hybridized carbons (Fsp3) is 0.500. The van der Waals surface area contributed by atoms with E-state index < -0.39 is 0 Å². The molecule has 0 radical (unpaired) electrons. The second-order valence-corrected chi connectivity index (χ2v) is 3.69. The van der Waals surface area contributed by atoms with Gasteiger partial charge in [0.2, 0.25) is 0 Å². The van der Waals surface area contributed by atoms with Gasteiger partial charge in [0.1, 0.15) is 0 Å². The Morgan fingerprint density at radius 3 is 1.93 bits per heavy atom. The molecule has 0 unspecified atom stereocenters. The average Bonchev–Trinajstić information content (AvgIpc) is 2.92. The van der Waals surface area contributed by atoms with E-state index in [2.05, 4.69) is 29.6 Å². The molecule has 2 nitrogen and oxygen atoms in total. The van der Waals surface area contributed by atoms with Gasteiger partial charge in [0.25, 0.3) is 0 Å². The van der Waals surface area contributed by atoms with Crippen LogP contribution in [0.4, 0.5) is 0 Å². The van der Waals surface area contributed by atoms with E-state index in [1.54, 1.807) is 0 Å². The Kier molecular flexibility index (Phi) is 3.55. The Bertz CT molecular complexity index is 251. The maximum atomic E-state index is 4.94. The minimum atomic E-state index is 1.00. The molecule has 1 N–H and O–H groups in total. The average molecular weight is 191 g/mol. The number of hydrogen-bond acceptors (Lipinski definition) is 2. The summed E-state index contributed by atoms with van der Waals surface area (Å²) in [5.74, 6) is 0. The first-order chi connectivity index (χ1) is 6.97. The summed E-state index contributed by atoms with van der Waals surface area (Å²) in [4.78, 5) is 0. The number of ether oxygens (including phenoxy) is 1. The topological polar surface area (TPSA) is 21.3 Å². The van der Waals surface area contributed by atoms with Gasteiger partial charge in [0, 0.05) is 26.3 Å². The van der Waals surface area contributed by atoms with E-state index in [-0.39, 0.29) is 0 Å². The smallest absolute Gasteiger partial charge is 0.0466 e. The van der Waals surface area contributed by atoms with Crippen LogP contribution in [0.3, 0.4) is 0 Å². The molecular weight excluding hydrogens is 174 g/mol. The SMILES string of the molecule is C1CCOC1.c1ccc2c(c1)CNC2. The third kappa shape index (κ3) is 2.56. The molecule has 1 aromatic rings. The van der Waals surface area contributed by atoms with Crippen molar-refractivity contribution in [3.8, 4) is 0 Å². The van der Waals surface area contributed by atoms with Crippen molar-refractivity contribution < 1.29 is 4.74 Å². The zero-order valence-electron chi connectivity index (χ0n) is 8.46. The molecule has 2 heteroatoms. The Morgan fingerprint density at radius 1 is 0.929 bits per heavy atom. The number of fused-ring (bicyclic) bond motifs is 1. The second-order valence-electron chi connectivity index (χ2n) is 3.69. The van der Waals surface area contributed by atoms with Crippen LogP contribution in [0.5, 0.6) is 0 Å². The molecule has 0 amide bonds. The van der Waals surface area contributed by atoms with Gasteiger partial charge in [-0.2, -0.15) is 0 Å². The molecule has 0 saturated carbocycles. The van der Waals surface area contributed by atoms with Crippen molar-refractivity contribution in [2.45, 2.75) is 25.9 Å². The van der Waals surface area contributed by atoms with Gasteiger partial charge in [-0.05, 0) is 24.0 Å². The van der Waals surface area contributed by atoms with Crippen molar-refractivity contribution in [1.82, 2.24) is 5.32 Å². The van der Waals surface area contributed by atoms with E-state index in [1.165, 1.54) is 24.0 Å². The van der Waals surface area contributed by atoms with Crippen molar-refractivity contribution in [3.63, 3.8) is 0 Å². The summed E-state index contributed by atoms with van der Waals surface area (Å²) in [6, 6.07) is 8.53. The van der Waals surface area contributed by atoms with Gasteiger partial charge in [-0.15, -0.1) is 0 Å². The highest BCUT2D eigenvalue weighted by atomic mass is 16.5. The van der Waals surface area contributed by atoms with Crippen molar-refractivity contribution in [3.05, 3.63) is 35.4 Å². The van der Waals surface area contributed by atoms with Gasteiger partial charge in [-0.25, -0.2) is 0 Å². The predicted octanol–water partition coefficient (Wildman–Crippen LogP) is 2.09. The van der Waals surface area contributed by atoms with Crippen molar-refractivity contribution in [2.24, 2.45) is 0 Å². The zero-order valence-corrected chi connectivity index (χ0v) is 8.46. The largest absolute Gasteiger partial charge is 0.381 e. The van der Waals surface area contributed by atoms with Gasteiger partial charge in [0.15, 0.2) is 0 Å². The summed E-state index contributed by atoms with van der Waals surface area (Å²) in [6.45, 7) is 4.10. The third-order valence-corrected chi connectivity index (χ3v) is 2.58. The highest BCUT2D eigenvalue weighted by Crippen LogP contribution is 2.12. The lowest BCUT2D eigenvalue weighted by molar-refractivity contribution is 0.198. The Morgan fingerprint density at radius 2 is 1.50 bits per heavy atom. The number of rotatable bonds is 0. The van der Waals surface area contributed by atoms with Crippen LogP contribution >= 0.6 is 0 Å². The summed E-state index contributed by atoms with van der Waals surface area (Å²) in [5.41, 5.74) is 2.91. The van der Waals surface area contributed by atoms with E-state index >= 15 is 0 Å². The molecular formula is C12H17NO. The Hall–Kier alpha value is -0.860. The molecule has 0 bridgehead atoms. The lowest BCUT2D eigenvalue weighted by atomic mass is 10.1. The Balaban J connectivity index is 0.000000128. The van der Waals surface area contributed by atoms with E-state index in [1.807, 2.05) is 0 Å². The fourth-order valence-corrected chi connectivity index (χ4v) is 1.74. The fourth-order valence-electron chi connectivity index (χ4n) is 1.74. The van der Waals surface area contributed by atoms with Crippen molar-refractivity contribution in [2.75, 3.05) is 13.2 Å². The summed E-state index contributed by atoms with van der Waals surface area (Å²) >= 11 is 0. The number of hydrogen-bond donors (Lipinski definition) is 1. The summed E-state index contributed by atoms with van der Waals surface area (Å²) in [5, 5.41) is 3.29. The van der Waals surface area contributed by atoms with Crippen LogP contribution < -0.4 is 5.32 Å². The molecule has 0 aromatic heterocycles. The zero-order chi connectivity index (χ0) is 9.64. The summed E-state index contributed by atoms with van der Waals surface area (Å²) < 4.78 is 4.94. The first kappa shape index (κ1) is 9.69. The second kappa shape index (κ2) is 5.13. The normalized spacial score (nSPS) is 18.6. The molecule has 3 rings (SSSR count). The van der Waals surface area contributed by atoms with E-state index in [4.69, 9.17) is 4.74 Å². The number of benzene rings is 1. The molecule has 0 aliphatic carbocycles. The first-order valence-electron chi connectivity index (χ1n) is 5.32. The molecule has 14 heavy (non-hydrogen) atoms. The van der Waals surface area contributed by atoms with E-state index in [9.17, 15) is 0 Å². The maximum absolute atomic E-state index is 4.94. The molecule has 1 saturated heterocycles. The summed E-state index contributed by atoms with van der Waals surface area (Å²) in [6.07, 6.45) is 2.56. The lowest BCUT2D eigenvalue weighted by Gasteiger charge is -1.91. The van der Waals surface area contributed by atoms with Crippen LogP contribution in [0, 0.1) is 0 Å². The van der Waals surface area contributed by atoms with Gasteiger partial charge < -0.3 is 10.1 Å². The highest BCUT2D eigenvalue weighted by Gasteiger charge is 2.06. The Labute approximate surface area is 85.3 Å². The van der Waals surface area contributed by atoms with Gasteiger partial charge in [-0.3, -0.25) is 0 Å². The quantitative estimate of drug-likeness (QED) is 0.678. The van der Waals surface area contributed by atoms with Crippen LogP contribution in [-0.4, -0.2) is 13.2 Å². The predicted molar refractivity (Wildman–Crippen MR) is 57.0 cm³/mol. The van der Waals surface area contributed by atoms with Gasteiger partial charge >= 0.3 is 0 Å². The highest BCUT2D eigenvalue weighted by molar-refractivity contribution is 5.29. The van der Waals surface area contributed by atoms with Crippen LogP contribution in [-0.2, 0) is 17.8 Å². The van der Waals surface area contributed by atoms with Gasteiger partial charge in [0.05, 0.1) is 0 Å². The molecule has 76 valence electrons. The molecule has 2 aliphatic heterocycles. The van der Waals surface area contributed by atoms with Crippen LogP contribution in [0.1, 0.15) is 24.0 Å². The molecule has 1 fully saturated rings. The monoisotopic (exact) mass is 191 g/mol. The van der Waals surface area contributed by atoms with Crippen molar-refractivity contribution >= 4 is 0 Å². The van der Waals surface area contributed by atoms with E-state index in [0.29, 0.717) is 0 Å². The molecule has 2 heterocycles. The third-order valence-electron chi connectivity index (χ3n) is 2.58. The maximum Gasteiger partial charge on any atom is 0.0466 e. The molecule has 0 spiro atoms. The van der Waals surface area contributed by atoms with Gasteiger partial charge in [-0.1, -0.05) is 24.3 Å². The van der Waals surface area contributed by atoms with Crippen molar-refractivity contribution in [1.29, 1.82) is 0 Å². The summed E-state index contributed by atoms with van der Waals surface area (Å²) in [7, 11) is 0. The minimum absolute atomic E-state index is 1.00. The lowest BCUT2D eigenvalue weighted by Crippen LogP contribution is -1.99. The standard InChI is InChI=1S/C8H9N.C4H8O/c1-2-4-8-6-9-5-7(8)3-1;1-2-4-5-3-1/h1-4,9H,5-6H2;1-4H2. The van der Waals surface area contributed by atoms with Crippen LogP contribution in [0.15, 0.2) is 24.3 Å². The molecule has 0 atom stereocenters. The number of nitrogens with one attached hydrogen (secondary N) is 1. The van der Waals surface area contributed by atoms with Crippen LogP contribution in [0.2, 0.25) is 0 Å².